The Bertz CT molecular complexity index is 707. The van der Waals surface area contributed by atoms with E-state index in [1.54, 1.807) is 18.3 Å². The maximum absolute atomic E-state index is 10.4. The normalized spacial score (nSPS) is 12.5. The topological polar surface area (TPSA) is 59.1 Å². The minimum atomic E-state index is -0.660. The summed E-state index contributed by atoms with van der Waals surface area (Å²) in [6.45, 7) is 0. The minimum Gasteiger partial charge on any atom is -0.399 e. The van der Waals surface area contributed by atoms with Gasteiger partial charge in [-0.1, -0.05) is 30.3 Å². The Labute approximate surface area is 111 Å². The molecule has 0 aliphatic carbocycles. The Kier molecular flexibility index (Phi) is 2.89. The second-order valence-electron chi connectivity index (χ2n) is 4.52. The summed E-state index contributed by atoms with van der Waals surface area (Å²) in [5, 5.41) is 11.4. The van der Waals surface area contributed by atoms with Crippen LogP contribution in [-0.2, 0) is 0 Å². The number of fused-ring (bicyclic) bond motifs is 1. The van der Waals surface area contributed by atoms with Gasteiger partial charge >= 0.3 is 0 Å². The van der Waals surface area contributed by atoms with Crippen molar-refractivity contribution in [1.82, 2.24) is 4.98 Å². The molecule has 1 heterocycles. The van der Waals surface area contributed by atoms with Gasteiger partial charge in [0.2, 0.25) is 0 Å². The molecule has 0 spiro atoms. The van der Waals surface area contributed by atoms with Crippen LogP contribution in [0.3, 0.4) is 0 Å². The van der Waals surface area contributed by atoms with Crippen LogP contribution in [0.4, 0.5) is 5.69 Å². The number of nitrogens with zero attached hydrogens (tertiary/aromatic N) is 1. The van der Waals surface area contributed by atoms with Crippen LogP contribution in [0.15, 0.2) is 60.8 Å². The number of aromatic nitrogens is 1. The highest BCUT2D eigenvalue weighted by Gasteiger charge is 2.10. The molecule has 0 amide bonds. The zero-order valence-electron chi connectivity index (χ0n) is 10.3. The second-order valence-corrected chi connectivity index (χ2v) is 4.52. The van der Waals surface area contributed by atoms with E-state index in [9.17, 15) is 5.11 Å². The first-order chi connectivity index (χ1) is 9.24. The Balaban J connectivity index is 2.01. The van der Waals surface area contributed by atoms with Gasteiger partial charge in [0.25, 0.3) is 0 Å². The van der Waals surface area contributed by atoms with E-state index in [1.807, 2.05) is 42.5 Å². The van der Waals surface area contributed by atoms with Gasteiger partial charge in [-0.15, -0.1) is 0 Å². The van der Waals surface area contributed by atoms with Gasteiger partial charge in [-0.2, -0.15) is 0 Å². The van der Waals surface area contributed by atoms with Crippen LogP contribution in [-0.4, -0.2) is 10.1 Å². The molecule has 1 unspecified atom stereocenters. The number of anilines is 1. The zero-order chi connectivity index (χ0) is 13.2. The van der Waals surface area contributed by atoms with E-state index in [1.165, 1.54) is 0 Å². The second kappa shape index (κ2) is 4.71. The maximum atomic E-state index is 10.4. The smallest absolute Gasteiger partial charge is 0.104 e. The van der Waals surface area contributed by atoms with Crippen LogP contribution in [0.2, 0.25) is 0 Å². The summed E-state index contributed by atoms with van der Waals surface area (Å²) in [6, 6.07) is 17.0. The van der Waals surface area contributed by atoms with Crippen molar-refractivity contribution in [3.63, 3.8) is 0 Å². The van der Waals surface area contributed by atoms with Crippen molar-refractivity contribution < 1.29 is 5.11 Å². The largest absolute Gasteiger partial charge is 0.399 e. The summed E-state index contributed by atoms with van der Waals surface area (Å²) in [6.07, 6.45) is 1.09. The maximum Gasteiger partial charge on any atom is 0.104 e. The number of nitrogens with two attached hydrogens (primary N) is 1. The highest BCUT2D eigenvalue weighted by Crippen LogP contribution is 2.25. The molecule has 0 bridgehead atoms. The predicted molar refractivity (Wildman–Crippen MR) is 76.7 cm³/mol. The van der Waals surface area contributed by atoms with E-state index in [2.05, 4.69) is 4.98 Å². The molecule has 0 radical (unpaired) electrons. The molecule has 3 nitrogen and oxygen atoms in total. The average Bonchev–Trinajstić information content (AvgIpc) is 2.47. The first-order valence-corrected chi connectivity index (χ1v) is 6.12. The van der Waals surface area contributed by atoms with Crippen molar-refractivity contribution in [3.05, 3.63) is 71.9 Å². The quantitative estimate of drug-likeness (QED) is 0.687. The fraction of sp³-hybridized carbons (Fsp3) is 0.0625. The Morgan fingerprint density at radius 2 is 1.68 bits per heavy atom. The Hall–Kier alpha value is -2.39. The number of hydrogen-bond acceptors (Lipinski definition) is 3. The molecule has 94 valence electrons. The molecule has 0 saturated heterocycles. The summed E-state index contributed by atoms with van der Waals surface area (Å²) in [5.74, 6) is 0. The van der Waals surface area contributed by atoms with Crippen LogP contribution in [0.1, 0.15) is 17.2 Å². The minimum absolute atomic E-state index is 0.660. The Morgan fingerprint density at radius 3 is 2.47 bits per heavy atom. The molecule has 2 aromatic carbocycles. The van der Waals surface area contributed by atoms with Crippen molar-refractivity contribution in [1.29, 1.82) is 0 Å². The monoisotopic (exact) mass is 250 g/mol. The fourth-order valence-electron chi connectivity index (χ4n) is 2.12. The predicted octanol–water partition coefficient (Wildman–Crippen LogP) is 2.90. The average molecular weight is 250 g/mol. The third kappa shape index (κ3) is 2.28. The SMILES string of the molecule is Nc1ccc(C(O)c2ccc3cccnc3c2)cc1. The number of benzene rings is 2. The fourth-order valence-corrected chi connectivity index (χ4v) is 2.12. The van der Waals surface area contributed by atoms with E-state index in [0.29, 0.717) is 5.69 Å². The van der Waals surface area contributed by atoms with E-state index in [0.717, 1.165) is 22.0 Å². The first kappa shape index (κ1) is 11.7. The van der Waals surface area contributed by atoms with E-state index < -0.39 is 6.10 Å². The molecule has 19 heavy (non-hydrogen) atoms. The van der Waals surface area contributed by atoms with Gasteiger partial charge in [0, 0.05) is 17.3 Å². The van der Waals surface area contributed by atoms with Crippen LogP contribution in [0.5, 0.6) is 0 Å². The molecule has 0 saturated carbocycles. The zero-order valence-corrected chi connectivity index (χ0v) is 10.3. The van der Waals surface area contributed by atoms with Crippen molar-refractivity contribution in [2.75, 3.05) is 5.73 Å². The summed E-state index contributed by atoms with van der Waals surface area (Å²) < 4.78 is 0. The summed E-state index contributed by atoms with van der Waals surface area (Å²) in [5.41, 5.74) is 8.88. The van der Waals surface area contributed by atoms with Crippen LogP contribution < -0.4 is 5.73 Å². The number of hydrogen-bond donors (Lipinski definition) is 2. The van der Waals surface area contributed by atoms with Gasteiger partial charge in [0.1, 0.15) is 6.10 Å². The molecule has 1 atom stereocenters. The highest BCUT2D eigenvalue weighted by molar-refractivity contribution is 5.79. The van der Waals surface area contributed by atoms with Crippen molar-refractivity contribution >= 4 is 16.6 Å². The van der Waals surface area contributed by atoms with Gasteiger partial charge in [-0.05, 0) is 35.4 Å². The van der Waals surface area contributed by atoms with Crippen LogP contribution in [0.25, 0.3) is 10.9 Å². The summed E-state index contributed by atoms with van der Waals surface area (Å²) in [4.78, 5) is 4.30. The van der Waals surface area contributed by atoms with Crippen molar-refractivity contribution in [3.8, 4) is 0 Å². The Morgan fingerprint density at radius 1 is 0.947 bits per heavy atom. The molecular formula is C16H14N2O. The van der Waals surface area contributed by atoms with E-state index in [-0.39, 0.29) is 0 Å². The lowest BCUT2D eigenvalue weighted by molar-refractivity contribution is 0.220. The van der Waals surface area contributed by atoms with E-state index in [4.69, 9.17) is 5.73 Å². The molecule has 3 heteroatoms. The van der Waals surface area contributed by atoms with Crippen molar-refractivity contribution in [2.24, 2.45) is 0 Å². The molecule has 0 fully saturated rings. The lowest BCUT2D eigenvalue weighted by Gasteiger charge is -2.12. The molecule has 3 aromatic rings. The number of rotatable bonds is 2. The van der Waals surface area contributed by atoms with Crippen LogP contribution in [0, 0.1) is 0 Å². The van der Waals surface area contributed by atoms with Gasteiger partial charge in [-0.3, -0.25) is 4.98 Å². The van der Waals surface area contributed by atoms with Gasteiger partial charge < -0.3 is 10.8 Å². The summed E-state index contributed by atoms with van der Waals surface area (Å²) >= 11 is 0. The number of aliphatic hydroxyl groups is 1. The summed E-state index contributed by atoms with van der Waals surface area (Å²) in [7, 11) is 0. The molecule has 3 rings (SSSR count). The van der Waals surface area contributed by atoms with E-state index >= 15 is 0 Å². The van der Waals surface area contributed by atoms with Crippen molar-refractivity contribution in [2.45, 2.75) is 6.10 Å². The molecule has 1 aromatic heterocycles. The number of aliphatic hydroxyl groups excluding tert-OH is 1. The third-order valence-corrected chi connectivity index (χ3v) is 3.20. The molecule has 0 aliphatic heterocycles. The standard InChI is InChI=1S/C16H14N2O/c17-14-7-5-12(6-8-14)16(19)13-4-3-11-2-1-9-18-15(11)10-13/h1-10,16,19H,17H2. The third-order valence-electron chi connectivity index (χ3n) is 3.20. The first-order valence-electron chi connectivity index (χ1n) is 6.12. The molecule has 3 N–H and O–H groups in total. The van der Waals surface area contributed by atoms with Gasteiger partial charge in [0.05, 0.1) is 5.52 Å². The molecule has 0 aliphatic rings. The number of nitrogen functional groups attached to an aromatic ring is 1. The lowest BCUT2D eigenvalue weighted by Crippen LogP contribution is -2.00. The van der Waals surface area contributed by atoms with Crippen LogP contribution >= 0.6 is 0 Å². The van der Waals surface area contributed by atoms with Gasteiger partial charge in [-0.25, -0.2) is 0 Å². The van der Waals surface area contributed by atoms with Gasteiger partial charge in [0.15, 0.2) is 0 Å². The molecular weight excluding hydrogens is 236 g/mol. The highest BCUT2D eigenvalue weighted by atomic mass is 16.3. The lowest BCUT2D eigenvalue weighted by atomic mass is 10.00. The number of pyridine rings is 1.